The van der Waals surface area contributed by atoms with Crippen LogP contribution in [0.25, 0.3) is 22.2 Å². The standard InChI is InChI=1S/C17H17N3O/c1-17(9-10-18-11-17)16-19-15(20-21-16)14-8-4-6-12-5-2-3-7-13(12)14/h2-8,18H,9-11H2,1H3. The van der Waals surface area contributed by atoms with Crippen molar-refractivity contribution in [3.05, 3.63) is 48.4 Å². The normalized spacial score (nSPS) is 22.0. The lowest BCUT2D eigenvalue weighted by molar-refractivity contribution is 0.306. The van der Waals surface area contributed by atoms with Crippen LogP contribution < -0.4 is 5.32 Å². The largest absolute Gasteiger partial charge is 0.338 e. The van der Waals surface area contributed by atoms with Crippen molar-refractivity contribution >= 4 is 10.8 Å². The van der Waals surface area contributed by atoms with Crippen LogP contribution in [0.15, 0.2) is 47.0 Å². The highest BCUT2D eigenvalue weighted by Crippen LogP contribution is 2.32. The third-order valence-corrected chi connectivity index (χ3v) is 4.34. The van der Waals surface area contributed by atoms with E-state index in [9.17, 15) is 0 Å². The van der Waals surface area contributed by atoms with Crippen LogP contribution in [0, 0.1) is 0 Å². The molecule has 1 atom stereocenters. The Kier molecular flexibility index (Phi) is 2.79. The Morgan fingerprint density at radius 3 is 2.86 bits per heavy atom. The summed E-state index contributed by atoms with van der Waals surface area (Å²) in [6, 6.07) is 14.5. The lowest BCUT2D eigenvalue weighted by atomic mass is 9.90. The first-order valence-corrected chi connectivity index (χ1v) is 7.29. The number of rotatable bonds is 2. The Bertz CT molecular complexity index is 782. The van der Waals surface area contributed by atoms with Crippen molar-refractivity contribution in [2.24, 2.45) is 0 Å². The van der Waals surface area contributed by atoms with Crippen LogP contribution in [0.2, 0.25) is 0 Å². The second kappa shape index (κ2) is 4.67. The summed E-state index contributed by atoms with van der Waals surface area (Å²) in [5.74, 6) is 1.41. The first-order valence-electron chi connectivity index (χ1n) is 7.29. The first-order chi connectivity index (χ1) is 10.3. The van der Waals surface area contributed by atoms with Gasteiger partial charge in [0.25, 0.3) is 0 Å². The van der Waals surface area contributed by atoms with Gasteiger partial charge in [-0.15, -0.1) is 0 Å². The summed E-state index contributed by atoms with van der Waals surface area (Å²) < 4.78 is 5.55. The smallest absolute Gasteiger partial charge is 0.234 e. The second-order valence-electron chi connectivity index (χ2n) is 5.94. The highest BCUT2D eigenvalue weighted by molar-refractivity contribution is 5.94. The average Bonchev–Trinajstić information content (AvgIpc) is 3.16. The fraction of sp³-hybridized carbons (Fsp3) is 0.294. The molecule has 2 heterocycles. The average molecular weight is 279 g/mol. The lowest BCUT2D eigenvalue weighted by Crippen LogP contribution is -2.25. The molecule has 3 aromatic rings. The number of fused-ring (bicyclic) bond motifs is 1. The highest BCUT2D eigenvalue weighted by atomic mass is 16.5. The molecule has 0 spiro atoms. The third kappa shape index (κ3) is 2.03. The van der Waals surface area contributed by atoms with E-state index in [4.69, 9.17) is 4.52 Å². The summed E-state index contributed by atoms with van der Waals surface area (Å²) in [5.41, 5.74) is 0.980. The minimum Gasteiger partial charge on any atom is -0.338 e. The molecular formula is C17H17N3O. The highest BCUT2D eigenvalue weighted by Gasteiger charge is 2.36. The minimum atomic E-state index is -0.0458. The number of nitrogens with one attached hydrogen (secondary N) is 1. The lowest BCUT2D eigenvalue weighted by Gasteiger charge is -2.15. The molecule has 0 bridgehead atoms. The molecule has 4 heteroatoms. The van der Waals surface area contributed by atoms with Gasteiger partial charge in [0.15, 0.2) is 0 Å². The zero-order valence-corrected chi connectivity index (χ0v) is 12.0. The van der Waals surface area contributed by atoms with E-state index >= 15 is 0 Å². The molecule has 1 aliphatic heterocycles. The summed E-state index contributed by atoms with van der Waals surface area (Å²) >= 11 is 0. The van der Waals surface area contributed by atoms with Gasteiger partial charge in [-0.05, 0) is 30.7 Å². The fourth-order valence-electron chi connectivity index (χ4n) is 3.00. The van der Waals surface area contributed by atoms with Crippen molar-refractivity contribution in [1.29, 1.82) is 0 Å². The van der Waals surface area contributed by atoms with E-state index in [0.717, 1.165) is 36.4 Å². The number of aromatic nitrogens is 2. The van der Waals surface area contributed by atoms with Gasteiger partial charge in [0.1, 0.15) is 0 Å². The molecule has 1 unspecified atom stereocenters. The number of hydrogen-bond donors (Lipinski definition) is 1. The number of nitrogens with zero attached hydrogens (tertiary/aromatic N) is 2. The summed E-state index contributed by atoms with van der Waals surface area (Å²) in [6.07, 6.45) is 1.03. The fourth-order valence-corrected chi connectivity index (χ4v) is 3.00. The van der Waals surface area contributed by atoms with Crippen LogP contribution in [0.3, 0.4) is 0 Å². The summed E-state index contributed by atoms with van der Waals surface area (Å²) in [4.78, 5) is 4.67. The molecule has 0 saturated carbocycles. The molecule has 2 aromatic carbocycles. The van der Waals surface area contributed by atoms with Crippen molar-refractivity contribution in [1.82, 2.24) is 15.5 Å². The van der Waals surface area contributed by atoms with Crippen molar-refractivity contribution in [2.45, 2.75) is 18.8 Å². The second-order valence-corrected chi connectivity index (χ2v) is 5.94. The van der Waals surface area contributed by atoms with Crippen LogP contribution in [-0.4, -0.2) is 23.2 Å². The van der Waals surface area contributed by atoms with Crippen molar-refractivity contribution in [3.63, 3.8) is 0 Å². The summed E-state index contributed by atoms with van der Waals surface area (Å²) in [7, 11) is 0. The van der Waals surface area contributed by atoms with E-state index in [-0.39, 0.29) is 5.41 Å². The van der Waals surface area contributed by atoms with Gasteiger partial charge in [-0.1, -0.05) is 47.6 Å². The molecule has 1 N–H and O–H groups in total. The minimum absolute atomic E-state index is 0.0458. The van der Waals surface area contributed by atoms with Gasteiger partial charge in [0.05, 0.1) is 5.41 Å². The van der Waals surface area contributed by atoms with Gasteiger partial charge < -0.3 is 9.84 Å². The van der Waals surface area contributed by atoms with Gasteiger partial charge in [-0.2, -0.15) is 4.98 Å². The van der Waals surface area contributed by atoms with Crippen LogP contribution in [0.1, 0.15) is 19.2 Å². The predicted molar refractivity (Wildman–Crippen MR) is 82.1 cm³/mol. The molecule has 1 saturated heterocycles. The quantitative estimate of drug-likeness (QED) is 0.783. The van der Waals surface area contributed by atoms with E-state index in [1.807, 2.05) is 24.3 Å². The maximum Gasteiger partial charge on any atom is 0.234 e. The third-order valence-electron chi connectivity index (χ3n) is 4.34. The van der Waals surface area contributed by atoms with Gasteiger partial charge >= 0.3 is 0 Å². The van der Waals surface area contributed by atoms with Crippen molar-refractivity contribution < 1.29 is 4.52 Å². The van der Waals surface area contributed by atoms with Crippen LogP contribution in [0.4, 0.5) is 0 Å². The molecule has 1 aromatic heterocycles. The Labute approximate surface area is 123 Å². The Morgan fingerprint density at radius 1 is 1.14 bits per heavy atom. The molecule has 106 valence electrons. The summed E-state index contributed by atoms with van der Waals surface area (Å²) in [5, 5.41) is 9.92. The molecular weight excluding hydrogens is 262 g/mol. The Morgan fingerprint density at radius 2 is 2.00 bits per heavy atom. The van der Waals surface area contributed by atoms with Crippen molar-refractivity contribution in [2.75, 3.05) is 13.1 Å². The SMILES string of the molecule is CC1(c2nc(-c3cccc4ccccc34)no2)CCNC1. The van der Waals surface area contributed by atoms with E-state index in [2.05, 4.69) is 40.6 Å². The van der Waals surface area contributed by atoms with E-state index < -0.39 is 0 Å². The monoisotopic (exact) mass is 279 g/mol. The molecule has 0 amide bonds. The topological polar surface area (TPSA) is 51.0 Å². The molecule has 21 heavy (non-hydrogen) atoms. The first kappa shape index (κ1) is 12.5. The van der Waals surface area contributed by atoms with E-state index in [1.54, 1.807) is 0 Å². The maximum absolute atomic E-state index is 5.55. The van der Waals surface area contributed by atoms with Crippen molar-refractivity contribution in [3.8, 4) is 11.4 Å². The Hall–Kier alpha value is -2.20. The molecule has 4 rings (SSSR count). The molecule has 4 nitrogen and oxygen atoms in total. The number of hydrogen-bond acceptors (Lipinski definition) is 4. The van der Waals surface area contributed by atoms with Gasteiger partial charge in [-0.3, -0.25) is 0 Å². The predicted octanol–water partition coefficient (Wildman–Crippen LogP) is 3.14. The zero-order chi connectivity index (χ0) is 14.3. The van der Waals surface area contributed by atoms with Crippen LogP contribution >= 0.6 is 0 Å². The molecule has 0 radical (unpaired) electrons. The van der Waals surface area contributed by atoms with E-state index in [1.165, 1.54) is 5.39 Å². The van der Waals surface area contributed by atoms with Crippen LogP contribution in [0.5, 0.6) is 0 Å². The van der Waals surface area contributed by atoms with Gasteiger partial charge in [-0.25, -0.2) is 0 Å². The van der Waals surface area contributed by atoms with Crippen LogP contribution in [-0.2, 0) is 5.41 Å². The molecule has 0 aliphatic carbocycles. The number of benzene rings is 2. The van der Waals surface area contributed by atoms with Gasteiger partial charge in [0.2, 0.25) is 11.7 Å². The van der Waals surface area contributed by atoms with Gasteiger partial charge in [0, 0.05) is 12.1 Å². The molecule has 1 fully saturated rings. The zero-order valence-electron chi connectivity index (χ0n) is 12.0. The Balaban J connectivity index is 1.81. The summed E-state index contributed by atoms with van der Waals surface area (Å²) in [6.45, 7) is 4.07. The maximum atomic E-state index is 5.55. The van der Waals surface area contributed by atoms with E-state index in [0.29, 0.717) is 5.82 Å². The molecule has 1 aliphatic rings.